The van der Waals surface area contributed by atoms with Gasteiger partial charge in [0.1, 0.15) is 5.60 Å². The van der Waals surface area contributed by atoms with Gasteiger partial charge >= 0.3 is 6.09 Å². The summed E-state index contributed by atoms with van der Waals surface area (Å²) in [6.45, 7) is 7.09. The number of amides is 1. The van der Waals surface area contributed by atoms with Crippen molar-refractivity contribution >= 4 is 22.6 Å². The van der Waals surface area contributed by atoms with Crippen LogP contribution in [0.1, 0.15) is 38.6 Å². The second-order valence-electron chi connectivity index (χ2n) is 8.40. The first-order valence-electron chi connectivity index (χ1n) is 10.3. The molecule has 1 aliphatic heterocycles. The minimum atomic E-state index is -0.543. The largest absolute Gasteiger partial charge is 0.444 e. The van der Waals surface area contributed by atoms with Crippen molar-refractivity contribution in [2.75, 3.05) is 13.2 Å². The summed E-state index contributed by atoms with van der Waals surface area (Å²) < 4.78 is 10.8. The molecular formula is C24H26N4O3. The normalized spacial score (nSPS) is 14.2. The van der Waals surface area contributed by atoms with E-state index in [1.807, 2.05) is 57.2 Å². The van der Waals surface area contributed by atoms with Crippen molar-refractivity contribution in [2.24, 2.45) is 0 Å². The molecule has 0 fully saturated rings. The van der Waals surface area contributed by atoms with Gasteiger partial charge in [-0.15, -0.1) is 0 Å². The molecule has 0 saturated carbocycles. The minimum absolute atomic E-state index is 0.263. The Labute approximate surface area is 181 Å². The lowest BCUT2D eigenvalue weighted by molar-refractivity contribution is 0.0523. The number of nitrogens with one attached hydrogen (secondary N) is 1. The fourth-order valence-electron chi connectivity index (χ4n) is 3.27. The summed E-state index contributed by atoms with van der Waals surface area (Å²) >= 11 is 0. The average Bonchev–Trinajstić information content (AvgIpc) is 2.77. The van der Waals surface area contributed by atoms with Crippen molar-refractivity contribution in [2.45, 2.75) is 39.3 Å². The molecule has 3 aromatic heterocycles. The molecule has 31 heavy (non-hydrogen) atoms. The van der Waals surface area contributed by atoms with E-state index >= 15 is 0 Å². The predicted molar refractivity (Wildman–Crippen MR) is 119 cm³/mol. The summed E-state index contributed by atoms with van der Waals surface area (Å²) in [6, 6.07) is 11.7. The van der Waals surface area contributed by atoms with Crippen molar-refractivity contribution in [3.63, 3.8) is 0 Å². The highest BCUT2D eigenvalue weighted by molar-refractivity contribution is 5.81. The van der Waals surface area contributed by atoms with Crippen LogP contribution in [0.4, 0.5) is 4.79 Å². The highest BCUT2D eigenvalue weighted by Gasteiger charge is 2.16. The van der Waals surface area contributed by atoms with Crippen molar-refractivity contribution < 1.29 is 14.3 Å². The van der Waals surface area contributed by atoms with Gasteiger partial charge < -0.3 is 14.8 Å². The van der Waals surface area contributed by atoms with Crippen LogP contribution in [0.3, 0.4) is 0 Å². The van der Waals surface area contributed by atoms with E-state index in [0.29, 0.717) is 12.3 Å². The summed E-state index contributed by atoms with van der Waals surface area (Å²) in [6.07, 6.45) is 4.37. The first-order chi connectivity index (χ1) is 14.9. The Morgan fingerprint density at radius 3 is 2.71 bits per heavy atom. The number of carbonyl (C=O) groups is 1. The lowest BCUT2D eigenvalue weighted by Crippen LogP contribution is -2.32. The van der Waals surface area contributed by atoms with Gasteiger partial charge in [-0.3, -0.25) is 4.98 Å². The predicted octanol–water partition coefficient (Wildman–Crippen LogP) is 4.52. The van der Waals surface area contributed by atoms with E-state index in [-0.39, 0.29) is 6.54 Å². The number of nitrogens with zero attached hydrogens (tertiary/aromatic N) is 3. The molecule has 3 aromatic rings. The van der Waals surface area contributed by atoms with E-state index in [1.165, 1.54) is 0 Å². The third kappa shape index (κ3) is 5.44. The van der Waals surface area contributed by atoms with E-state index in [9.17, 15) is 4.79 Å². The molecule has 4 heterocycles. The molecule has 0 spiro atoms. The Morgan fingerprint density at radius 1 is 1.13 bits per heavy atom. The first-order valence-corrected chi connectivity index (χ1v) is 10.3. The second kappa shape index (κ2) is 8.81. The van der Waals surface area contributed by atoms with Gasteiger partial charge in [0.15, 0.2) is 0 Å². The van der Waals surface area contributed by atoms with Gasteiger partial charge in [0.2, 0.25) is 0 Å². The van der Waals surface area contributed by atoms with Crippen LogP contribution in [0.15, 0.2) is 48.7 Å². The number of hydrogen-bond acceptors (Lipinski definition) is 6. The van der Waals surface area contributed by atoms with E-state index in [2.05, 4.69) is 16.4 Å². The Balaban J connectivity index is 1.55. The lowest BCUT2D eigenvalue weighted by Gasteiger charge is -2.19. The van der Waals surface area contributed by atoms with E-state index < -0.39 is 11.7 Å². The van der Waals surface area contributed by atoms with Crippen LogP contribution in [0.2, 0.25) is 0 Å². The summed E-state index contributed by atoms with van der Waals surface area (Å²) in [4.78, 5) is 25.9. The summed E-state index contributed by atoms with van der Waals surface area (Å²) in [7, 11) is 0. The van der Waals surface area contributed by atoms with Crippen LogP contribution < -0.4 is 5.32 Å². The third-order valence-electron chi connectivity index (χ3n) is 4.69. The number of hydrogen-bond donors (Lipinski definition) is 1. The average molecular weight is 418 g/mol. The fourth-order valence-corrected chi connectivity index (χ4v) is 3.27. The zero-order valence-electron chi connectivity index (χ0n) is 18.0. The summed E-state index contributed by atoms with van der Waals surface area (Å²) in [5, 5.41) is 3.65. The zero-order chi connectivity index (χ0) is 21.8. The number of fused-ring (bicyclic) bond motifs is 1. The number of carbonyl (C=O) groups excluding carboxylic acids is 1. The van der Waals surface area contributed by atoms with Gasteiger partial charge in [-0.1, -0.05) is 12.1 Å². The Bertz CT molecular complexity index is 1140. The summed E-state index contributed by atoms with van der Waals surface area (Å²) in [5.74, 6) is 0. The van der Waals surface area contributed by atoms with Gasteiger partial charge in [-0.2, -0.15) is 0 Å². The third-order valence-corrected chi connectivity index (χ3v) is 4.69. The van der Waals surface area contributed by atoms with Gasteiger partial charge in [-0.05, 0) is 63.1 Å². The molecule has 7 heteroatoms. The van der Waals surface area contributed by atoms with Crippen molar-refractivity contribution in [1.82, 2.24) is 20.3 Å². The van der Waals surface area contributed by atoms with E-state index in [0.717, 1.165) is 46.6 Å². The SMILES string of the molecule is CC(C)(C)OC(=O)NCc1cc2nc(-c3cccc(C4=CCCOC4)n3)ccc2cn1. The van der Waals surface area contributed by atoms with Crippen LogP contribution in [-0.2, 0) is 16.0 Å². The van der Waals surface area contributed by atoms with Gasteiger partial charge in [-0.25, -0.2) is 14.8 Å². The first kappa shape index (κ1) is 20.9. The van der Waals surface area contributed by atoms with Gasteiger partial charge in [0.05, 0.1) is 48.1 Å². The smallest absolute Gasteiger partial charge is 0.407 e. The number of pyridine rings is 3. The molecule has 4 rings (SSSR count). The summed E-state index contributed by atoms with van der Waals surface area (Å²) in [5.41, 5.74) is 4.55. The van der Waals surface area contributed by atoms with Crippen LogP contribution in [0.5, 0.6) is 0 Å². The monoisotopic (exact) mass is 418 g/mol. The number of rotatable bonds is 4. The van der Waals surface area contributed by atoms with Crippen LogP contribution in [-0.4, -0.2) is 39.9 Å². The Hall–Kier alpha value is -3.32. The van der Waals surface area contributed by atoms with Gasteiger partial charge in [0.25, 0.3) is 0 Å². The molecule has 0 radical (unpaired) electrons. The molecule has 0 saturated heterocycles. The highest BCUT2D eigenvalue weighted by atomic mass is 16.6. The molecule has 0 aromatic carbocycles. The van der Waals surface area contributed by atoms with Crippen molar-refractivity contribution in [3.05, 3.63) is 60.1 Å². The Morgan fingerprint density at radius 2 is 1.94 bits per heavy atom. The maximum absolute atomic E-state index is 11.9. The van der Waals surface area contributed by atoms with E-state index in [4.69, 9.17) is 19.4 Å². The van der Waals surface area contributed by atoms with E-state index in [1.54, 1.807) is 6.20 Å². The Kier molecular flexibility index (Phi) is 5.95. The van der Waals surface area contributed by atoms with Crippen molar-refractivity contribution in [1.29, 1.82) is 0 Å². The van der Waals surface area contributed by atoms with Crippen LogP contribution in [0.25, 0.3) is 27.9 Å². The molecule has 1 amide bonds. The number of aromatic nitrogens is 3. The molecule has 0 atom stereocenters. The molecule has 0 bridgehead atoms. The minimum Gasteiger partial charge on any atom is -0.444 e. The quantitative estimate of drug-likeness (QED) is 0.670. The molecule has 0 aliphatic carbocycles. The number of ether oxygens (including phenoxy) is 2. The number of alkyl carbamates (subject to hydrolysis) is 1. The maximum atomic E-state index is 11.9. The molecule has 160 valence electrons. The fraction of sp³-hybridized carbons (Fsp3) is 0.333. The molecule has 0 unspecified atom stereocenters. The molecule has 7 nitrogen and oxygen atoms in total. The maximum Gasteiger partial charge on any atom is 0.407 e. The van der Waals surface area contributed by atoms with Crippen LogP contribution in [0, 0.1) is 0 Å². The highest BCUT2D eigenvalue weighted by Crippen LogP contribution is 2.23. The standard InChI is InChI=1S/C24H26N4O3/c1-24(2,3)31-23(29)26-14-18-12-22-16(13-25-18)9-10-21(28-22)20-8-4-7-19(27-20)17-6-5-11-30-15-17/h4,6-10,12-13H,5,11,14-15H2,1-3H3,(H,26,29). The topological polar surface area (TPSA) is 86.2 Å². The van der Waals surface area contributed by atoms with Gasteiger partial charge in [0, 0.05) is 11.6 Å². The molecular weight excluding hydrogens is 392 g/mol. The molecule has 1 N–H and O–H groups in total. The molecule has 1 aliphatic rings. The van der Waals surface area contributed by atoms with Crippen LogP contribution >= 0.6 is 0 Å². The van der Waals surface area contributed by atoms with Crippen molar-refractivity contribution in [3.8, 4) is 11.4 Å². The zero-order valence-corrected chi connectivity index (χ0v) is 18.0. The lowest BCUT2D eigenvalue weighted by atomic mass is 10.1. The second-order valence-corrected chi connectivity index (χ2v) is 8.40.